The van der Waals surface area contributed by atoms with Gasteiger partial charge in [0.2, 0.25) is 0 Å². The van der Waals surface area contributed by atoms with Crippen molar-refractivity contribution in [3.8, 4) is 0 Å². The summed E-state index contributed by atoms with van der Waals surface area (Å²) in [5.74, 6) is 2.83. The number of hydrogen-bond acceptors (Lipinski definition) is 10. The van der Waals surface area contributed by atoms with Crippen molar-refractivity contribution in [2.45, 2.75) is 32.1 Å². The number of piperidine rings is 1. The predicted molar refractivity (Wildman–Crippen MR) is 125 cm³/mol. The second-order valence-corrected chi connectivity index (χ2v) is 7.66. The SMILES string of the molecule is C1CCNCC1.C1CCSC1.c1cn[nH]c1.c1cn[nH]n1.c1csnn1.c1nc[nH]n1. The monoisotopic (exact) mass is 465 g/mol. The third-order valence-electron chi connectivity index (χ3n) is 3.39. The molecule has 4 aromatic rings. The van der Waals surface area contributed by atoms with Gasteiger partial charge >= 0.3 is 0 Å². The molecule has 0 bridgehead atoms. The van der Waals surface area contributed by atoms with Gasteiger partial charge in [0, 0.05) is 17.8 Å². The second-order valence-electron chi connectivity index (χ2n) is 5.79. The molecular weight excluding hydrogens is 434 g/mol. The lowest BCUT2D eigenvalue weighted by molar-refractivity contribution is 0.520. The summed E-state index contributed by atoms with van der Waals surface area (Å²) in [5, 5.41) is 30.1. The summed E-state index contributed by atoms with van der Waals surface area (Å²) < 4.78 is 3.51. The fourth-order valence-electron chi connectivity index (χ4n) is 2.00. The van der Waals surface area contributed by atoms with Crippen LogP contribution in [0, 0.1) is 0 Å². The van der Waals surface area contributed by atoms with Crippen molar-refractivity contribution in [3.05, 3.63) is 55.1 Å². The number of H-pyrrole nitrogens is 3. The molecule has 0 atom stereocenters. The van der Waals surface area contributed by atoms with Crippen LogP contribution in [0.5, 0.6) is 0 Å². The Labute approximate surface area is 190 Å². The van der Waals surface area contributed by atoms with Crippen molar-refractivity contribution in [1.29, 1.82) is 0 Å². The van der Waals surface area contributed by atoms with Crippen LogP contribution in [0.15, 0.2) is 55.1 Å². The van der Waals surface area contributed by atoms with Gasteiger partial charge in [-0.2, -0.15) is 37.4 Å². The van der Waals surface area contributed by atoms with Crippen LogP contribution in [0.25, 0.3) is 0 Å². The topological polar surface area (TPSA) is 150 Å². The van der Waals surface area contributed by atoms with E-state index in [9.17, 15) is 0 Å². The third-order valence-corrected chi connectivity index (χ3v) is 4.97. The van der Waals surface area contributed by atoms with Crippen LogP contribution >= 0.6 is 23.3 Å². The molecule has 2 aliphatic rings. The zero-order valence-corrected chi connectivity index (χ0v) is 19.1. The molecule has 13 heteroatoms. The summed E-state index contributed by atoms with van der Waals surface area (Å²) >= 11 is 3.43. The summed E-state index contributed by atoms with van der Waals surface area (Å²) in [6.07, 6.45) is 18.4. The minimum Gasteiger partial charge on any atom is -0.317 e. The normalized spacial score (nSPS) is 13.7. The Kier molecular flexibility index (Phi) is 20.1. The van der Waals surface area contributed by atoms with Crippen LogP contribution in [0.1, 0.15) is 32.1 Å². The van der Waals surface area contributed by atoms with Crippen LogP contribution < -0.4 is 5.32 Å². The molecule has 4 N–H and O–H groups in total. The largest absolute Gasteiger partial charge is 0.317 e. The molecule has 11 nitrogen and oxygen atoms in total. The van der Waals surface area contributed by atoms with Gasteiger partial charge in [0.25, 0.3) is 0 Å². The Morgan fingerprint density at radius 3 is 1.74 bits per heavy atom. The molecule has 0 saturated carbocycles. The molecule has 2 fully saturated rings. The maximum absolute atomic E-state index is 3.60. The fraction of sp³-hybridized carbons (Fsp3) is 0.500. The van der Waals surface area contributed by atoms with Gasteiger partial charge in [-0.25, -0.2) is 4.98 Å². The summed E-state index contributed by atoms with van der Waals surface area (Å²) in [6, 6.07) is 1.83. The molecule has 0 spiro atoms. The maximum Gasteiger partial charge on any atom is 0.137 e. The highest BCUT2D eigenvalue weighted by Gasteiger charge is 1.95. The van der Waals surface area contributed by atoms with Crippen LogP contribution in [0.3, 0.4) is 0 Å². The highest BCUT2D eigenvalue weighted by Crippen LogP contribution is 2.14. The summed E-state index contributed by atoms with van der Waals surface area (Å²) in [7, 11) is 0. The van der Waals surface area contributed by atoms with Gasteiger partial charge in [-0.3, -0.25) is 10.2 Å². The molecule has 0 amide bonds. The molecule has 170 valence electrons. The number of nitrogens with zero attached hydrogens (tertiary/aromatic N) is 7. The van der Waals surface area contributed by atoms with Crippen molar-refractivity contribution in [1.82, 2.24) is 55.7 Å². The lowest BCUT2D eigenvalue weighted by Gasteiger charge is -2.08. The lowest BCUT2D eigenvalue weighted by Crippen LogP contribution is -2.21. The standard InChI is InChI=1S/C5H11N.C4H8S.C3H4N2.2C2H3N3.C2H2N2S/c1-2-4-6-5-3-1;2*1-2-4-5-3-1;1-3-2-5-4-1;1-2-4-5-3-1;1-2-5-4-3-1/h6H,1-5H2;1-4H2;1-3H,(H,4,5);2*1-2H,(H,3,4,5);1-2H. The smallest absolute Gasteiger partial charge is 0.137 e. The van der Waals surface area contributed by atoms with Crippen molar-refractivity contribution in [2.75, 3.05) is 24.6 Å². The molecular formula is C18H31N11S2. The van der Waals surface area contributed by atoms with Gasteiger partial charge in [-0.05, 0) is 67.9 Å². The summed E-state index contributed by atoms with van der Waals surface area (Å²) in [6.45, 7) is 2.50. The van der Waals surface area contributed by atoms with E-state index >= 15 is 0 Å². The first-order chi connectivity index (χ1) is 15.5. The van der Waals surface area contributed by atoms with Crippen LogP contribution in [-0.4, -0.2) is 75.0 Å². The van der Waals surface area contributed by atoms with E-state index in [4.69, 9.17) is 0 Å². The number of aromatic nitrogens is 10. The van der Waals surface area contributed by atoms with E-state index in [0.717, 1.165) is 0 Å². The van der Waals surface area contributed by atoms with Crippen molar-refractivity contribution < 1.29 is 0 Å². The Bertz CT molecular complexity index is 503. The van der Waals surface area contributed by atoms with Gasteiger partial charge in [0.15, 0.2) is 0 Å². The van der Waals surface area contributed by atoms with E-state index in [1.807, 2.05) is 11.4 Å². The quantitative estimate of drug-likeness (QED) is 0.307. The molecule has 6 heterocycles. The third kappa shape index (κ3) is 21.9. The zero-order valence-electron chi connectivity index (χ0n) is 17.5. The predicted octanol–water partition coefficient (Wildman–Crippen LogP) is 2.83. The fourth-order valence-corrected chi connectivity index (χ4v) is 3.29. The highest BCUT2D eigenvalue weighted by molar-refractivity contribution is 7.99. The van der Waals surface area contributed by atoms with Gasteiger partial charge in [0.1, 0.15) is 12.7 Å². The Balaban J connectivity index is 0.000000186. The zero-order chi connectivity index (χ0) is 21.9. The van der Waals surface area contributed by atoms with Gasteiger partial charge < -0.3 is 5.32 Å². The Morgan fingerprint density at radius 1 is 0.742 bits per heavy atom. The molecule has 2 aliphatic heterocycles. The Morgan fingerprint density at radius 2 is 1.55 bits per heavy atom. The molecule has 31 heavy (non-hydrogen) atoms. The lowest BCUT2D eigenvalue weighted by atomic mass is 10.2. The number of rotatable bonds is 0. The van der Waals surface area contributed by atoms with Crippen molar-refractivity contribution >= 4 is 23.3 Å². The molecule has 0 radical (unpaired) electrons. The van der Waals surface area contributed by atoms with Crippen molar-refractivity contribution in [3.63, 3.8) is 0 Å². The minimum atomic E-state index is 1.25. The molecule has 2 saturated heterocycles. The Hall–Kier alpha value is -2.64. The van der Waals surface area contributed by atoms with Gasteiger partial charge in [-0.15, -0.1) is 5.10 Å². The summed E-state index contributed by atoms with van der Waals surface area (Å²) in [4.78, 5) is 3.56. The average Bonchev–Trinajstić information content (AvgIpc) is 3.69. The van der Waals surface area contributed by atoms with Gasteiger partial charge in [-0.1, -0.05) is 10.9 Å². The van der Waals surface area contributed by atoms with Crippen LogP contribution in [0.2, 0.25) is 0 Å². The molecule has 0 aromatic carbocycles. The minimum absolute atomic E-state index is 1.25. The highest BCUT2D eigenvalue weighted by atomic mass is 32.2. The molecule has 4 aromatic heterocycles. The van der Waals surface area contributed by atoms with E-state index in [2.05, 4.69) is 67.5 Å². The second kappa shape index (κ2) is 23.6. The number of aromatic amines is 3. The molecule has 6 rings (SSSR count). The van der Waals surface area contributed by atoms with Crippen LogP contribution in [-0.2, 0) is 0 Å². The molecule has 0 aliphatic carbocycles. The summed E-state index contributed by atoms with van der Waals surface area (Å²) in [5.41, 5.74) is 0. The average molecular weight is 466 g/mol. The van der Waals surface area contributed by atoms with E-state index in [1.165, 1.54) is 80.9 Å². The van der Waals surface area contributed by atoms with Crippen LogP contribution in [0.4, 0.5) is 0 Å². The van der Waals surface area contributed by atoms with E-state index < -0.39 is 0 Å². The first-order valence-electron chi connectivity index (χ1n) is 10.0. The maximum atomic E-state index is 3.60. The van der Waals surface area contributed by atoms with Gasteiger partial charge in [0.05, 0.1) is 18.6 Å². The van der Waals surface area contributed by atoms with E-state index in [0.29, 0.717) is 0 Å². The van der Waals surface area contributed by atoms with Crippen molar-refractivity contribution in [2.24, 2.45) is 0 Å². The first kappa shape index (κ1) is 26.4. The number of nitrogens with one attached hydrogen (secondary N) is 4. The van der Waals surface area contributed by atoms with E-state index in [1.54, 1.807) is 31.0 Å². The number of thioether (sulfide) groups is 1. The molecule has 0 unspecified atom stereocenters. The first-order valence-corrected chi connectivity index (χ1v) is 12.0. The van der Waals surface area contributed by atoms with E-state index in [-0.39, 0.29) is 0 Å². The number of hydrogen-bond donors (Lipinski definition) is 4.